The van der Waals surface area contributed by atoms with Crippen molar-refractivity contribution in [2.45, 2.75) is 6.92 Å². The molecule has 2 amide bonds. The molecule has 4 nitrogen and oxygen atoms in total. The Morgan fingerprint density at radius 1 is 1.19 bits per heavy atom. The lowest BCUT2D eigenvalue weighted by Crippen LogP contribution is -2.34. The normalized spacial score (nSPS) is 10.2. The van der Waals surface area contributed by atoms with E-state index in [0.29, 0.717) is 28.0 Å². The summed E-state index contributed by atoms with van der Waals surface area (Å²) in [4.78, 5) is 13.8. The molecule has 0 aliphatic heterocycles. The molecular weight excluding hydrogens is 311 g/mol. The monoisotopic (exact) mass is 324 g/mol. The summed E-state index contributed by atoms with van der Waals surface area (Å²) in [5, 5.41) is 13.1. The Morgan fingerprint density at radius 3 is 2.43 bits per heavy atom. The first-order valence-electron chi connectivity index (χ1n) is 6.33. The van der Waals surface area contributed by atoms with Crippen LogP contribution in [-0.2, 0) is 0 Å². The first-order chi connectivity index (χ1) is 9.99. The van der Waals surface area contributed by atoms with Crippen molar-refractivity contribution in [3.63, 3.8) is 0 Å². The number of phenols is 1. The number of nitrogens with one attached hydrogen (secondary N) is 1. The number of phenolic OH excluding ortho intramolecular Hbond substituents is 1. The van der Waals surface area contributed by atoms with Crippen LogP contribution in [0.4, 0.5) is 16.2 Å². The number of carbonyl (C=O) groups is 1. The topological polar surface area (TPSA) is 52.6 Å². The van der Waals surface area contributed by atoms with Crippen LogP contribution in [0.1, 0.15) is 6.92 Å². The van der Waals surface area contributed by atoms with Crippen LogP contribution in [-0.4, -0.2) is 17.7 Å². The van der Waals surface area contributed by atoms with E-state index in [2.05, 4.69) is 5.32 Å². The SMILES string of the molecule is CCN(C(=O)Nc1cc(Cl)cc(Cl)c1)c1cccc(O)c1. The number of rotatable bonds is 3. The molecule has 21 heavy (non-hydrogen) atoms. The summed E-state index contributed by atoms with van der Waals surface area (Å²) in [7, 11) is 0. The first-order valence-corrected chi connectivity index (χ1v) is 7.09. The quantitative estimate of drug-likeness (QED) is 0.855. The molecule has 0 unspecified atom stereocenters. The van der Waals surface area contributed by atoms with Gasteiger partial charge in [-0.1, -0.05) is 29.3 Å². The van der Waals surface area contributed by atoms with Gasteiger partial charge >= 0.3 is 6.03 Å². The molecule has 0 saturated heterocycles. The Morgan fingerprint density at radius 2 is 1.86 bits per heavy atom. The number of halogens is 2. The molecule has 6 heteroatoms. The Kier molecular flexibility index (Phi) is 4.94. The minimum atomic E-state index is -0.332. The summed E-state index contributed by atoms with van der Waals surface area (Å²) in [5.41, 5.74) is 1.11. The molecule has 110 valence electrons. The van der Waals surface area contributed by atoms with Gasteiger partial charge in [0, 0.05) is 34.0 Å². The maximum Gasteiger partial charge on any atom is 0.326 e. The average molecular weight is 325 g/mol. The summed E-state index contributed by atoms with van der Waals surface area (Å²) in [5.74, 6) is 0.101. The van der Waals surface area contributed by atoms with E-state index in [-0.39, 0.29) is 11.8 Å². The van der Waals surface area contributed by atoms with Gasteiger partial charge in [-0.3, -0.25) is 4.90 Å². The first kappa shape index (κ1) is 15.5. The van der Waals surface area contributed by atoms with Crippen LogP contribution in [0.2, 0.25) is 10.0 Å². The largest absolute Gasteiger partial charge is 0.508 e. The number of hydrogen-bond acceptors (Lipinski definition) is 2. The van der Waals surface area contributed by atoms with Gasteiger partial charge in [-0.25, -0.2) is 4.79 Å². The number of urea groups is 1. The van der Waals surface area contributed by atoms with Gasteiger partial charge in [0.2, 0.25) is 0 Å². The van der Waals surface area contributed by atoms with Crippen LogP contribution >= 0.6 is 23.2 Å². The van der Waals surface area contributed by atoms with Gasteiger partial charge in [-0.2, -0.15) is 0 Å². The van der Waals surface area contributed by atoms with Gasteiger partial charge in [-0.05, 0) is 37.3 Å². The third-order valence-electron chi connectivity index (χ3n) is 2.82. The van der Waals surface area contributed by atoms with Gasteiger partial charge in [0.05, 0.1) is 0 Å². The fraction of sp³-hybridized carbons (Fsp3) is 0.133. The van der Waals surface area contributed by atoms with E-state index in [0.717, 1.165) is 0 Å². The lowest BCUT2D eigenvalue weighted by Gasteiger charge is -2.21. The molecule has 0 spiro atoms. The molecule has 0 aliphatic rings. The van der Waals surface area contributed by atoms with Crippen LogP contribution in [0.3, 0.4) is 0 Å². The number of aromatic hydroxyl groups is 1. The van der Waals surface area contributed by atoms with E-state index in [9.17, 15) is 9.90 Å². The van der Waals surface area contributed by atoms with Crippen molar-refractivity contribution >= 4 is 40.6 Å². The minimum absolute atomic E-state index is 0.101. The summed E-state index contributed by atoms with van der Waals surface area (Å²) in [6.07, 6.45) is 0. The van der Waals surface area contributed by atoms with Crippen molar-refractivity contribution in [3.8, 4) is 5.75 Å². The van der Waals surface area contributed by atoms with E-state index in [1.165, 1.54) is 11.0 Å². The number of amides is 2. The van der Waals surface area contributed by atoms with Gasteiger partial charge in [0.1, 0.15) is 5.75 Å². The second-order valence-corrected chi connectivity index (χ2v) is 5.23. The van der Waals surface area contributed by atoms with Gasteiger partial charge in [0.25, 0.3) is 0 Å². The highest BCUT2D eigenvalue weighted by atomic mass is 35.5. The van der Waals surface area contributed by atoms with Gasteiger partial charge in [-0.15, -0.1) is 0 Å². The highest BCUT2D eigenvalue weighted by Crippen LogP contribution is 2.24. The number of nitrogens with zero attached hydrogens (tertiary/aromatic N) is 1. The molecule has 2 N–H and O–H groups in total. The molecular formula is C15H14Cl2N2O2. The summed E-state index contributed by atoms with van der Waals surface area (Å²) < 4.78 is 0. The summed E-state index contributed by atoms with van der Waals surface area (Å²) in [6, 6.07) is 11.0. The highest BCUT2D eigenvalue weighted by molar-refractivity contribution is 6.35. The van der Waals surface area contributed by atoms with Crippen molar-refractivity contribution in [2.75, 3.05) is 16.8 Å². The number of benzene rings is 2. The zero-order chi connectivity index (χ0) is 15.4. The van der Waals surface area contributed by atoms with Crippen LogP contribution in [0.25, 0.3) is 0 Å². The zero-order valence-corrected chi connectivity index (χ0v) is 12.8. The molecule has 0 atom stereocenters. The van der Waals surface area contributed by atoms with Crippen molar-refractivity contribution in [1.82, 2.24) is 0 Å². The predicted octanol–water partition coefficient (Wildman–Crippen LogP) is 4.76. The smallest absolute Gasteiger partial charge is 0.326 e. The molecule has 0 aliphatic carbocycles. The Labute approximate surface area is 132 Å². The van der Waals surface area contributed by atoms with Gasteiger partial charge < -0.3 is 10.4 Å². The predicted molar refractivity (Wildman–Crippen MR) is 86.6 cm³/mol. The van der Waals surface area contributed by atoms with Gasteiger partial charge in [0.15, 0.2) is 0 Å². The molecule has 2 aromatic rings. The van der Waals surface area contributed by atoms with Crippen molar-refractivity contribution < 1.29 is 9.90 Å². The number of carbonyl (C=O) groups excluding carboxylic acids is 1. The molecule has 0 radical (unpaired) electrons. The lowest BCUT2D eigenvalue weighted by atomic mass is 10.2. The highest BCUT2D eigenvalue weighted by Gasteiger charge is 2.14. The van der Waals surface area contributed by atoms with E-state index < -0.39 is 0 Å². The van der Waals surface area contributed by atoms with Crippen LogP contribution < -0.4 is 10.2 Å². The van der Waals surface area contributed by atoms with E-state index in [4.69, 9.17) is 23.2 Å². The Bertz CT molecular complexity index is 642. The maximum absolute atomic E-state index is 12.3. The molecule has 0 fully saturated rings. The molecule has 2 rings (SSSR count). The maximum atomic E-state index is 12.3. The Balaban J connectivity index is 2.21. The molecule has 0 aromatic heterocycles. The van der Waals surface area contributed by atoms with E-state index in [1.54, 1.807) is 36.4 Å². The summed E-state index contributed by atoms with van der Waals surface area (Å²) in [6.45, 7) is 2.29. The fourth-order valence-electron chi connectivity index (χ4n) is 1.92. The van der Waals surface area contributed by atoms with E-state index in [1.807, 2.05) is 6.92 Å². The van der Waals surface area contributed by atoms with E-state index >= 15 is 0 Å². The Hall–Kier alpha value is -1.91. The fourth-order valence-corrected chi connectivity index (χ4v) is 2.45. The third kappa shape index (κ3) is 4.03. The second-order valence-electron chi connectivity index (χ2n) is 4.35. The molecule has 0 saturated carbocycles. The second kappa shape index (κ2) is 6.70. The van der Waals surface area contributed by atoms with Crippen LogP contribution in [0.15, 0.2) is 42.5 Å². The van der Waals surface area contributed by atoms with Crippen molar-refractivity contribution in [1.29, 1.82) is 0 Å². The summed E-state index contributed by atoms with van der Waals surface area (Å²) >= 11 is 11.8. The standard InChI is InChI=1S/C15H14Cl2N2O2/c1-2-19(13-4-3-5-14(20)9-13)15(21)18-12-7-10(16)6-11(17)8-12/h3-9,20H,2H2,1H3,(H,18,21). The molecule has 2 aromatic carbocycles. The third-order valence-corrected chi connectivity index (χ3v) is 3.25. The van der Waals surface area contributed by atoms with Crippen molar-refractivity contribution in [3.05, 3.63) is 52.5 Å². The lowest BCUT2D eigenvalue weighted by molar-refractivity contribution is 0.257. The minimum Gasteiger partial charge on any atom is -0.508 e. The number of hydrogen-bond donors (Lipinski definition) is 2. The van der Waals surface area contributed by atoms with Crippen LogP contribution in [0, 0.1) is 0 Å². The number of anilines is 2. The average Bonchev–Trinajstić information content (AvgIpc) is 2.38. The van der Waals surface area contributed by atoms with Crippen molar-refractivity contribution in [2.24, 2.45) is 0 Å². The molecule has 0 bridgehead atoms. The molecule has 0 heterocycles. The zero-order valence-electron chi connectivity index (χ0n) is 11.3. The van der Waals surface area contributed by atoms with Crippen LogP contribution in [0.5, 0.6) is 5.75 Å².